The van der Waals surface area contributed by atoms with E-state index in [2.05, 4.69) is 42.1 Å². The highest BCUT2D eigenvalue weighted by molar-refractivity contribution is 9.11. The van der Waals surface area contributed by atoms with Crippen LogP contribution in [0, 0.1) is 5.82 Å². The summed E-state index contributed by atoms with van der Waals surface area (Å²) < 4.78 is 19.2. The van der Waals surface area contributed by atoms with E-state index in [4.69, 9.17) is 4.74 Å². The number of ether oxygens (including phenoxy) is 1. The Morgan fingerprint density at radius 2 is 2.07 bits per heavy atom. The van der Waals surface area contributed by atoms with Crippen molar-refractivity contribution >= 4 is 43.2 Å². The molecule has 7 heteroatoms. The molecule has 1 heterocycles. The summed E-state index contributed by atoms with van der Waals surface area (Å²) in [6, 6.07) is 4.37. The Hall–Kier alpha value is -0.530. The van der Waals surface area contributed by atoms with Crippen LogP contribution in [0.4, 0.5) is 4.39 Å². The number of nitrogens with zero attached hydrogens (tertiary/aromatic N) is 2. The highest BCUT2D eigenvalue weighted by Gasteiger charge is 2.06. The third-order valence-electron chi connectivity index (χ3n) is 1.48. The topological polar surface area (TPSA) is 35.0 Å². The van der Waals surface area contributed by atoms with Crippen LogP contribution in [0.2, 0.25) is 0 Å². The van der Waals surface area contributed by atoms with Crippen LogP contribution in [0.3, 0.4) is 0 Å². The van der Waals surface area contributed by atoms with Gasteiger partial charge in [-0.1, -0.05) is 5.10 Å². The van der Waals surface area contributed by atoms with Crippen molar-refractivity contribution in [2.75, 3.05) is 0 Å². The molecule has 0 aliphatic rings. The zero-order chi connectivity index (χ0) is 10.8. The summed E-state index contributed by atoms with van der Waals surface area (Å²) in [7, 11) is 0. The van der Waals surface area contributed by atoms with Crippen LogP contribution in [-0.2, 0) is 0 Å². The van der Waals surface area contributed by atoms with Crippen molar-refractivity contribution < 1.29 is 9.13 Å². The fraction of sp³-hybridized carbons (Fsp3) is 0. The maximum absolute atomic E-state index is 12.9. The molecule has 15 heavy (non-hydrogen) atoms. The summed E-state index contributed by atoms with van der Waals surface area (Å²) in [5.41, 5.74) is 0. The van der Waals surface area contributed by atoms with Gasteiger partial charge in [-0.05, 0) is 61.4 Å². The van der Waals surface area contributed by atoms with Gasteiger partial charge in [0.2, 0.25) is 0 Å². The van der Waals surface area contributed by atoms with E-state index in [1.807, 2.05) is 0 Å². The van der Waals surface area contributed by atoms with E-state index in [9.17, 15) is 4.39 Å². The SMILES string of the molecule is Fc1ccc(Oc2nnc(Br)s2)cc1Br. The van der Waals surface area contributed by atoms with Crippen LogP contribution in [-0.4, -0.2) is 10.2 Å². The van der Waals surface area contributed by atoms with Gasteiger partial charge in [0, 0.05) is 0 Å². The molecule has 2 aromatic rings. The van der Waals surface area contributed by atoms with Gasteiger partial charge in [0.25, 0.3) is 5.19 Å². The molecular weight excluding hydrogens is 351 g/mol. The molecule has 0 aliphatic heterocycles. The first-order valence-corrected chi connectivity index (χ1v) is 6.17. The van der Waals surface area contributed by atoms with Crippen LogP contribution in [0.1, 0.15) is 0 Å². The van der Waals surface area contributed by atoms with Crippen molar-refractivity contribution in [2.45, 2.75) is 0 Å². The van der Waals surface area contributed by atoms with Crippen LogP contribution in [0.15, 0.2) is 26.6 Å². The lowest BCUT2D eigenvalue weighted by Gasteiger charge is -2.01. The van der Waals surface area contributed by atoms with Crippen molar-refractivity contribution in [2.24, 2.45) is 0 Å². The van der Waals surface area contributed by atoms with Crippen LogP contribution < -0.4 is 4.74 Å². The first-order chi connectivity index (χ1) is 7.15. The van der Waals surface area contributed by atoms with Crippen LogP contribution >= 0.6 is 43.2 Å². The third kappa shape index (κ3) is 2.73. The maximum atomic E-state index is 12.9. The van der Waals surface area contributed by atoms with Crippen molar-refractivity contribution in [3.8, 4) is 10.9 Å². The molecule has 2 rings (SSSR count). The van der Waals surface area contributed by atoms with E-state index in [1.54, 1.807) is 0 Å². The molecule has 0 saturated heterocycles. The van der Waals surface area contributed by atoms with E-state index >= 15 is 0 Å². The van der Waals surface area contributed by atoms with Gasteiger partial charge in [0.05, 0.1) is 4.47 Å². The fourth-order valence-electron chi connectivity index (χ4n) is 0.875. The van der Waals surface area contributed by atoms with Gasteiger partial charge < -0.3 is 4.74 Å². The van der Waals surface area contributed by atoms with Gasteiger partial charge in [-0.15, -0.1) is 5.10 Å². The van der Waals surface area contributed by atoms with Crippen molar-refractivity contribution in [1.29, 1.82) is 0 Å². The Labute approximate surface area is 106 Å². The van der Waals surface area contributed by atoms with E-state index in [0.29, 0.717) is 19.3 Å². The van der Waals surface area contributed by atoms with Gasteiger partial charge in [0.15, 0.2) is 3.92 Å². The number of rotatable bonds is 2. The van der Waals surface area contributed by atoms with Gasteiger partial charge in [-0.3, -0.25) is 0 Å². The molecule has 1 aromatic carbocycles. The Bertz CT molecular complexity index is 491. The Morgan fingerprint density at radius 3 is 2.67 bits per heavy atom. The number of benzene rings is 1. The predicted octanol–water partition coefficient (Wildman–Crippen LogP) is 3.99. The lowest BCUT2D eigenvalue weighted by Crippen LogP contribution is -1.85. The number of hydrogen-bond acceptors (Lipinski definition) is 4. The molecule has 0 fully saturated rings. The predicted molar refractivity (Wildman–Crippen MR) is 61.8 cm³/mol. The Kier molecular flexibility index (Phi) is 3.32. The van der Waals surface area contributed by atoms with Gasteiger partial charge >= 0.3 is 0 Å². The molecular formula is C8H3Br2FN2OS. The van der Waals surface area contributed by atoms with E-state index in [0.717, 1.165) is 0 Å². The highest BCUT2D eigenvalue weighted by Crippen LogP contribution is 2.29. The molecule has 3 nitrogen and oxygen atoms in total. The number of aromatic nitrogens is 2. The minimum atomic E-state index is -0.333. The molecule has 0 aliphatic carbocycles. The molecule has 1 aromatic heterocycles. The molecule has 0 amide bonds. The van der Waals surface area contributed by atoms with Crippen molar-refractivity contribution in [3.05, 3.63) is 32.4 Å². The highest BCUT2D eigenvalue weighted by atomic mass is 79.9. The molecule has 0 bridgehead atoms. The molecule has 0 radical (unpaired) electrons. The van der Waals surface area contributed by atoms with Gasteiger partial charge in [-0.25, -0.2) is 4.39 Å². The number of halogens is 3. The quantitative estimate of drug-likeness (QED) is 0.818. The van der Waals surface area contributed by atoms with Crippen molar-refractivity contribution in [1.82, 2.24) is 10.2 Å². The zero-order valence-electron chi connectivity index (χ0n) is 7.08. The Morgan fingerprint density at radius 1 is 1.27 bits per heavy atom. The van der Waals surface area contributed by atoms with E-state index in [1.165, 1.54) is 29.5 Å². The van der Waals surface area contributed by atoms with Crippen LogP contribution in [0.25, 0.3) is 0 Å². The smallest absolute Gasteiger partial charge is 0.300 e. The molecule has 0 spiro atoms. The second kappa shape index (κ2) is 4.54. The van der Waals surface area contributed by atoms with Gasteiger partial charge in [-0.2, -0.15) is 0 Å². The summed E-state index contributed by atoms with van der Waals surface area (Å²) in [6.45, 7) is 0. The minimum absolute atomic E-state index is 0.333. The summed E-state index contributed by atoms with van der Waals surface area (Å²) in [5.74, 6) is 0.174. The molecule has 0 unspecified atom stereocenters. The fourth-order valence-corrected chi connectivity index (χ4v) is 2.17. The summed E-state index contributed by atoms with van der Waals surface area (Å²) in [5, 5.41) is 7.88. The van der Waals surface area contributed by atoms with Gasteiger partial charge in [0.1, 0.15) is 11.6 Å². The first-order valence-electron chi connectivity index (χ1n) is 3.77. The Balaban J connectivity index is 2.21. The monoisotopic (exact) mass is 352 g/mol. The molecule has 0 N–H and O–H groups in total. The minimum Gasteiger partial charge on any atom is -0.430 e. The summed E-state index contributed by atoms with van der Waals surface area (Å²) in [6.07, 6.45) is 0. The average molecular weight is 354 g/mol. The third-order valence-corrected chi connectivity index (χ3v) is 3.32. The normalized spacial score (nSPS) is 10.3. The second-order valence-electron chi connectivity index (χ2n) is 2.50. The van der Waals surface area contributed by atoms with Crippen molar-refractivity contribution in [3.63, 3.8) is 0 Å². The zero-order valence-corrected chi connectivity index (χ0v) is 11.1. The summed E-state index contributed by atoms with van der Waals surface area (Å²) in [4.78, 5) is 0. The number of hydrogen-bond donors (Lipinski definition) is 0. The first kappa shape index (κ1) is 11.0. The summed E-state index contributed by atoms with van der Waals surface area (Å²) >= 11 is 7.49. The molecule has 0 saturated carbocycles. The second-order valence-corrected chi connectivity index (χ2v) is 5.57. The lowest BCUT2D eigenvalue weighted by molar-refractivity contribution is 0.470. The largest absolute Gasteiger partial charge is 0.430 e. The standard InChI is InChI=1S/C8H3Br2FN2OS/c9-5-3-4(1-2-6(5)11)14-8-13-12-7(10)15-8/h1-3H. The average Bonchev–Trinajstić information content (AvgIpc) is 2.58. The molecule has 0 atom stereocenters. The maximum Gasteiger partial charge on any atom is 0.300 e. The molecule has 78 valence electrons. The lowest BCUT2D eigenvalue weighted by atomic mass is 10.3. The van der Waals surface area contributed by atoms with E-state index in [-0.39, 0.29) is 5.82 Å². The van der Waals surface area contributed by atoms with E-state index < -0.39 is 0 Å². The van der Waals surface area contributed by atoms with Crippen LogP contribution in [0.5, 0.6) is 10.9 Å².